The molecule has 0 aliphatic rings. The molecular formula is C11H24N2+2. The molecule has 0 amide bonds. The molecule has 2 heteroatoms. The zero-order valence-electron chi connectivity index (χ0n) is 10.0. The maximum Gasteiger partial charge on any atom is 0.148 e. The third-order valence-electron chi connectivity index (χ3n) is 2.51. The fourth-order valence-electron chi connectivity index (χ4n) is 0.992. The Bertz CT molecular complexity index is 192. The van der Waals surface area contributed by atoms with E-state index in [1.165, 1.54) is 17.8 Å². The average Bonchev–Trinajstić information content (AvgIpc) is 2.03. The molecule has 0 aromatic carbocycles. The van der Waals surface area contributed by atoms with Gasteiger partial charge in [-0.15, -0.1) is 0 Å². The molecule has 0 aliphatic carbocycles. The maximum absolute atomic E-state index is 2.30. The summed E-state index contributed by atoms with van der Waals surface area (Å²) in [6.45, 7) is 10.9. The van der Waals surface area contributed by atoms with Gasteiger partial charge in [0.1, 0.15) is 38.6 Å². The molecule has 0 spiro atoms. The van der Waals surface area contributed by atoms with Crippen LogP contribution in [-0.2, 0) is 0 Å². The second-order valence-electron chi connectivity index (χ2n) is 4.09. The number of hydrogen-bond donors (Lipinski definition) is 0. The smallest absolute Gasteiger partial charge is 0.148 e. The molecule has 0 atom stereocenters. The lowest BCUT2D eigenvalue weighted by Gasteiger charge is -2.00. The predicted molar refractivity (Wildman–Crippen MR) is 59.4 cm³/mol. The molecule has 0 bridgehead atoms. The molecule has 0 N–H and O–H groups in total. The van der Waals surface area contributed by atoms with Crippen molar-refractivity contribution in [3.8, 4) is 0 Å². The normalized spacial score (nSPS) is 9.69. The van der Waals surface area contributed by atoms with Crippen LogP contribution in [0.25, 0.3) is 0 Å². The number of nitrogens with zero attached hydrogens (tertiary/aromatic N) is 2. The Kier molecular flexibility index (Phi) is 5.60. The maximum atomic E-state index is 2.30. The van der Waals surface area contributed by atoms with E-state index in [1.807, 2.05) is 0 Å². The summed E-state index contributed by atoms with van der Waals surface area (Å²) in [5.74, 6) is 0. The summed E-state index contributed by atoms with van der Waals surface area (Å²) in [5, 5.41) is 0. The first-order valence-corrected chi connectivity index (χ1v) is 4.97. The lowest BCUT2D eigenvalue weighted by Crippen LogP contribution is -2.19. The summed E-state index contributed by atoms with van der Waals surface area (Å²) >= 11 is 0. The van der Waals surface area contributed by atoms with Gasteiger partial charge in [-0.1, -0.05) is 0 Å². The van der Waals surface area contributed by atoms with Gasteiger partial charge in [-0.3, -0.25) is 0 Å². The third kappa shape index (κ3) is 5.56. The Hall–Kier alpha value is -0.660. The molecular weight excluding hydrogens is 160 g/mol. The van der Waals surface area contributed by atoms with E-state index in [-0.39, 0.29) is 0 Å². The van der Waals surface area contributed by atoms with Gasteiger partial charge in [-0.2, -0.15) is 0 Å². The highest BCUT2D eigenvalue weighted by Gasteiger charge is 2.03. The topological polar surface area (TPSA) is 6.02 Å². The molecule has 0 aromatic heterocycles. The van der Waals surface area contributed by atoms with Gasteiger partial charge in [0.25, 0.3) is 0 Å². The van der Waals surface area contributed by atoms with Gasteiger partial charge in [0.05, 0.1) is 6.42 Å². The first-order valence-electron chi connectivity index (χ1n) is 4.97. The van der Waals surface area contributed by atoms with E-state index in [2.05, 4.69) is 50.9 Å². The molecule has 0 aliphatic heterocycles. The molecule has 0 rings (SSSR count). The van der Waals surface area contributed by atoms with Crippen LogP contribution in [-0.4, -0.2) is 47.8 Å². The van der Waals surface area contributed by atoms with Crippen molar-refractivity contribution in [3.05, 3.63) is 0 Å². The second-order valence-corrected chi connectivity index (χ2v) is 4.09. The summed E-state index contributed by atoms with van der Waals surface area (Å²) in [4.78, 5) is 0. The minimum absolute atomic E-state index is 1.15. The predicted octanol–water partition coefficient (Wildman–Crippen LogP) is 1.62. The Morgan fingerprint density at radius 3 is 1.31 bits per heavy atom. The monoisotopic (exact) mass is 184 g/mol. The van der Waals surface area contributed by atoms with Crippen LogP contribution in [0.3, 0.4) is 0 Å². The van der Waals surface area contributed by atoms with Crippen LogP contribution < -0.4 is 0 Å². The molecule has 0 fully saturated rings. The first kappa shape index (κ1) is 12.3. The standard InChI is InChI=1S/C11H24N2/c1-10(2)12(5)8-7-9-13(6)11(3)4/h7-9H2,1-6H3/q+2. The molecule has 76 valence electrons. The lowest BCUT2D eigenvalue weighted by atomic mass is 10.3. The van der Waals surface area contributed by atoms with Crippen molar-refractivity contribution in [2.75, 3.05) is 27.2 Å². The molecule has 13 heavy (non-hydrogen) atoms. The van der Waals surface area contributed by atoms with Gasteiger partial charge in [-0.05, 0) is 0 Å². The van der Waals surface area contributed by atoms with Gasteiger partial charge in [0.15, 0.2) is 0 Å². The van der Waals surface area contributed by atoms with E-state index in [0.717, 1.165) is 13.1 Å². The van der Waals surface area contributed by atoms with Crippen molar-refractivity contribution in [1.82, 2.24) is 0 Å². The van der Waals surface area contributed by atoms with Crippen molar-refractivity contribution in [1.29, 1.82) is 0 Å². The quantitative estimate of drug-likeness (QED) is 0.463. The number of hydrogen-bond acceptors (Lipinski definition) is 0. The van der Waals surface area contributed by atoms with E-state index < -0.39 is 0 Å². The fraction of sp³-hybridized carbons (Fsp3) is 0.818. The van der Waals surface area contributed by atoms with E-state index in [1.54, 1.807) is 0 Å². The van der Waals surface area contributed by atoms with E-state index in [4.69, 9.17) is 0 Å². The minimum Gasteiger partial charge on any atom is -0.240 e. The van der Waals surface area contributed by atoms with Crippen LogP contribution in [0.5, 0.6) is 0 Å². The van der Waals surface area contributed by atoms with Crippen molar-refractivity contribution in [2.45, 2.75) is 34.1 Å². The molecule has 2 nitrogen and oxygen atoms in total. The van der Waals surface area contributed by atoms with Gasteiger partial charge in [-0.25, -0.2) is 9.15 Å². The molecule has 0 heterocycles. The largest absolute Gasteiger partial charge is 0.240 e. The van der Waals surface area contributed by atoms with Crippen LogP contribution in [0.2, 0.25) is 0 Å². The van der Waals surface area contributed by atoms with Crippen LogP contribution in [0.15, 0.2) is 0 Å². The Labute approximate surface area is 82.6 Å². The number of rotatable bonds is 4. The first-order chi connectivity index (χ1) is 5.95. The summed E-state index contributed by atoms with van der Waals surface area (Å²) in [5.41, 5.74) is 2.78. The fourth-order valence-corrected chi connectivity index (χ4v) is 0.992. The SMILES string of the molecule is CC(C)=[N+](C)CCC[N+](C)=C(C)C. The van der Waals surface area contributed by atoms with Crippen LogP contribution in [0.4, 0.5) is 0 Å². The Morgan fingerprint density at radius 1 is 0.769 bits per heavy atom. The summed E-state index contributed by atoms with van der Waals surface area (Å²) < 4.78 is 4.61. The summed E-state index contributed by atoms with van der Waals surface area (Å²) in [7, 11) is 4.30. The summed E-state index contributed by atoms with van der Waals surface area (Å²) in [6, 6.07) is 0. The molecule has 0 unspecified atom stereocenters. The highest BCUT2D eigenvalue weighted by molar-refractivity contribution is 5.74. The zero-order chi connectivity index (χ0) is 10.4. The zero-order valence-corrected chi connectivity index (χ0v) is 10.0. The lowest BCUT2D eigenvalue weighted by molar-refractivity contribution is -0.528. The Morgan fingerprint density at radius 2 is 1.08 bits per heavy atom. The van der Waals surface area contributed by atoms with E-state index in [9.17, 15) is 0 Å². The van der Waals surface area contributed by atoms with E-state index in [0.29, 0.717) is 0 Å². The third-order valence-corrected chi connectivity index (χ3v) is 2.51. The molecule has 0 radical (unpaired) electrons. The van der Waals surface area contributed by atoms with Crippen molar-refractivity contribution in [2.24, 2.45) is 0 Å². The molecule has 0 saturated heterocycles. The van der Waals surface area contributed by atoms with Gasteiger partial charge in [0, 0.05) is 27.7 Å². The second kappa shape index (κ2) is 5.90. The van der Waals surface area contributed by atoms with Crippen molar-refractivity contribution >= 4 is 11.4 Å². The summed E-state index contributed by atoms with van der Waals surface area (Å²) in [6.07, 6.45) is 1.23. The molecule has 0 saturated carbocycles. The van der Waals surface area contributed by atoms with Crippen molar-refractivity contribution < 1.29 is 9.15 Å². The van der Waals surface area contributed by atoms with Crippen LogP contribution in [0, 0.1) is 0 Å². The van der Waals surface area contributed by atoms with Gasteiger partial charge < -0.3 is 0 Å². The van der Waals surface area contributed by atoms with Crippen LogP contribution >= 0.6 is 0 Å². The van der Waals surface area contributed by atoms with Crippen LogP contribution in [0.1, 0.15) is 34.1 Å². The van der Waals surface area contributed by atoms with Gasteiger partial charge in [0.2, 0.25) is 0 Å². The highest BCUT2D eigenvalue weighted by Crippen LogP contribution is 1.85. The highest BCUT2D eigenvalue weighted by atomic mass is 15.0. The van der Waals surface area contributed by atoms with Crippen molar-refractivity contribution in [3.63, 3.8) is 0 Å². The minimum atomic E-state index is 1.15. The molecule has 0 aromatic rings. The Balaban J connectivity index is 3.83. The van der Waals surface area contributed by atoms with E-state index >= 15 is 0 Å². The van der Waals surface area contributed by atoms with Gasteiger partial charge >= 0.3 is 0 Å². The average molecular weight is 184 g/mol.